The number of thioether (sulfide) groups is 1. The summed E-state index contributed by atoms with van der Waals surface area (Å²) in [6.07, 6.45) is 0.401. The molecule has 1 aliphatic rings. The number of amides is 1. The van der Waals surface area contributed by atoms with Gasteiger partial charge >= 0.3 is 0 Å². The normalized spacial score (nSPS) is 16.6. The first-order valence-corrected chi connectivity index (χ1v) is 12.1. The van der Waals surface area contributed by atoms with Gasteiger partial charge in [0.25, 0.3) is 10.0 Å². The first-order chi connectivity index (χ1) is 13.7. The van der Waals surface area contributed by atoms with Gasteiger partial charge in [0, 0.05) is 35.3 Å². The van der Waals surface area contributed by atoms with Crippen molar-refractivity contribution in [3.05, 3.63) is 42.0 Å². The molecule has 0 radical (unpaired) electrons. The van der Waals surface area contributed by atoms with Crippen molar-refractivity contribution in [1.29, 1.82) is 0 Å². The highest BCUT2D eigenvalue weighted by Crippen LogP contribution is 2.36. The molecule has 0 unspecified atom stereocenters. The van der Waals surface area contributed by atoms with Crippen LogP contribution in [-0.2, 0) is 14.8 Å². The summed E-state index contributed by atoms with van der Waals surface area (Å²) in [5.41, 5.74) is 3.00. The number of hydrogen-bond donors (Lipinski definition) is 2. The zero-order chi connectivity index (χ0) is 21.2. The minimum absolute atomic E-state index is 0.103. The van der Waals surface area contributed by atoms with Crippen molar-refractivity contribution in [3.63, 3.8) is 0 Å². The molecule has 0 saturated heterocycles. The van der Waals surface area contributed by atoms with Crippen molar-refractivity contribution in [2.75, 3.05) is 28.0 Å². The van der Waals surface area contributed by atoms with Crippen LogP contribution < -0.4 is 14.9 Å². The monoisotopic (exact) mass is 433 g/mol. The van der Waals surface area contributed by atoms with E-state index in [-0.39, 0.29) is 16.1 Å². The maximum atomic E-state index is 13.0. The summed E-state index contributed by atoms with van der Waals surface area (Å²) in [6.45, 7) is 9.82. The van der Waals surface area contributed by atoms with E-state index in [1.807, 2.05) is 26.0 Å². The topological polar surface area (TPSA) is 78.5 Å². The van der Waals surface area contributed by atoms with E-state index in [2.05, 4.69) is 28.8 Å². The predicted octanol–water partition coefficient (Wildman–Crippen LogP) is 4.46. The van der Waals surface area contributed by atoms with Crippen molar-refractivity contribution in [1.82, 2.24) is 0 Å². The number of carbonyl (C=O) groups excluding carboxylic acids is 1. The maximum Gasteiger partial charge on any atom is 0.261 e. The van der Waals surface area contributed by atoms with Gasteiger partial charge in [0.2, 0.25) is 5.91 Å². The molecule has 2 N–H and O–H groups in total. The lowest BCUT2D eigenvalue weighted by Crippen LogP contribution is -2.22. The molecule has 1 aliphatic heterocycles. The van der Waals surface area contributed by atoms with Crippen LogP contribution in [0.1, 0.15) is 32.8 Å². The second-order valence-corrected chi connectivity index (χ2v) is 10.3. The summed E-state index contributed by atoms with van der Waals surface area (Å²) in [4.78, 5) is 15.2. The van der Waals surface area contributed by atoms with Crippen molar-refractivity contribution in [2.24, 2.45) is 0 Å². The number of anilines is 3. The van der Waals surface area contributed by atoms with E-state index in [0.717, 1.165) is 29.2 Å². The van der Waals surface area contributed by atoms with Crippen LogP contribution in [0.4, 0.5) is 17.1 Å². The number of hydrogen-bond acceptors (Lipinski definition) is 5. The summed E-state index contributed by atoms with van der Waals surface area (Å²) in [5, 5.41) is 2.96. The van der Waals surface area contributed by atoms with Gasteiger partial charge in [0.15, 0.2) is 0 Å². The third kappa shape index (κ3) is 4.87. The number of aryl methyl sites for hydroxylation is 1. The zero-order valence-corrected chi connectivity index (χ0v) is 18.8. The van der Waals surface area contributed by atoms with Crippen LogP contribution in [0.5, 0.6) is 0 Å². The number of nitrogens with one attached hydrogen (secondary N) is 2. The van der Waals surface area contributed by atoms with Crippen LogP contribution in [0.25, 0.3) is 0 Å². The van der Waals surface area contributed by atoms with E-state index in [1.54, 1.807) is 30.0 Å². The first-order valence-electron chi connectivity index (χ1n) is 9.72. The SMILES string of the molecule is CCN(CC)c1ccc(NS(=O)(=O)c2ccc3c(c2)NC(=O)C[C@H](C)S3)c(C)c1. The van der Waals surface area contributed by atoms with Gasteiger partial charge in [-0.2, -0.15) is 0 Å². The third-order valence-electron chi connectivity index (χ3n) is 4.92. The Morgan fingerprint density at radius 2 is 1.90 bits per heavy atom. The Labute approximate surface area is 177 Å². The third-order valence-corrected chi connectivity index (χ3v) is 7.46. The molecule has 156 valence electrons. The van der Waals surface area contributed by atoms with Crippen LogP contribution in [-0.4, -0.2) is 32.7 Å². The van der Waals surface area contributed by atoms with Gasteiger partial charge in [-0.05, 0) is 62.7 Å². The Kier molecular flexibility index (Phi) is 6.43. The molecule has 0 bridgehead atoms. The molecule has 0 aromatic heterocycles. The highest BCUT2D eigenvalue weighted by Gasteiger charge is 2.22. The Morgan fingerprint density at radius 1 is 1.17 bits per heavy atom. The van der Waals surface area contributed by atoms with E-state index in [1.165, 1.54) is 6.07 Å². The summed E-state index contributed by atoms with van der Waals surface area (Å²) >= 11 is 1.57. The molecule has 2 aromatic carbocycles. The van der Waals surface area contributed by atoms with Gasteiger partial charge in [-0.1, -0.05) is 6.92 Å². The molecule has 1 amide bonds. The number of carbonyl (C=O) groups is 1. The van der Waals surface area contributed by atoms with Gasteiger partial charge in [-0.3, -0.25) is 9.52 Å². The van der Waals surface area contributed by atoms with Crippen molar-refractivity contribution >= 4 is 44.8 Å². The zero-order valence-electron chi connectivity index (χ0n) is 17.2. The number of sulfonamides is 1. The molecular weight excluding hydrogens is 406 g/mol. The summed E-state index contributed by atoms with van der Waals surface area (Å²) in [6, 6.07) is 10.6. The molecule has 0 fully saturated rings. The molecule has 0 spiro atoms. The number of rotatable bonds is 6. The van der Waals surface area contributed by atoms with E-state index >= 15 is 0 Å². The van der Waals surface area contributed by atoms with Gasteiger partial charge in [0.05, 0.1) is 16.3 Å². The molecule has 6 nitrogen and oxygen atoms in total. The lowest BCUT2D eigenvalue weighted by Gasteiger charge is -2.22. The average molecular weight is 434 g/mol. The molecular formula is C21H27N3O3S2. The number of benzene rings is 2. The fourth-order valence-corrected chi connectivity index (χ4v) is 5.56. The molecule has 1 heterocycles. The Morgan fingerprint density at radius 3 is 2.55 bits per heavy atom. The lowest BCUT2D eigenvalue weighted by atomic mass is 10.1. The highest BCUT2D eigenvalue weighted by molar-refractivity contribution is 8.00. The van der Waals surface area contributed by atoms with Crippen molar-refractivity contribution < 1.29 is 13.2 Å². The van der Waals surface area contributed by atoms with E-state index in [4.69, 9.17) is 0 Å². The van der Waals surface area contributed by atoms with Crippen molar-refractivity contribution in [3.8, 4) is 0 Å². The average Bonchev–Trinajstić information content (AvgIpc) is 2.80. The quantitative estimate of drug-likeness (QED) is 0.703. The van der Waals surface area contributed by atoms with Crippen LogP contribution in [0.3, 0.4) is 0 Å². The summed E-state index contributed by atoms with van der Waals surface area (Å²) < 4.78 is 28.6. The van der Waals surface area contributed by atoms with Gasteiger partial charge < -0.3 is 10.2 Å². The fourth-order valence-electron chi connectivity index (χ4n) is 3.35. The molecule has 29 heavy (non-hydrogen) atoms. The van der Waals surface area contributed by atoms with Gasteiger partial charge in [-0.15, -0.1) is 11.8 Å². The van der Waals surface area contributed by atoms with E-state index in [9.17, 15) is 13.2 Å². The minimum Gasteiger partial charge on any atom is -0.372 e. The molecule has 0 saturated carbocycles. The standard InChI is InChI=1S/C21H27N3O3S2/c1-5-24(6-2)16-7-9-18(14(3)11-16)23-29(26,27)17-8-10-20-19(13-17)22-21(25)12-15(4)28-20/h7-11,13,15,23H,5-6,12H2,1-4H3,(H,22,25)/t15-/m0/s1. The molecule has 1 atom stereocenters. The van der Waals surface area contributed by atoms with E-state index in [0.29, 0.717) is 17.8 Å². The molecule has 0 aliphatic carbocycles. The molecule has 8 heteroatoms. The Bertz CT molecular complexity index is 1020. The maximum absolute atomic E-state index is 13.0. The first kappa shape index (κ1) is 21.5. The highest BCUT2D eigenvalue weighted by atomic mass is 32.2. The predicted molar refractivity (Wildman–Crippen MR) is 121 cm³/mol. The van der Waals surface area contributed by atoms with Crippen LogP contribution >= 0.6 is 11.8 Å². The number of nitrogens with zero attached hydrogens (tertiary/aromatic N) is 1. The number of fused-ring (bicyclic) bond motifs is 1. The van der Waals surface area contributed by atoms with Crippen LogP contribution in [0.15, 0.2) is 46.2 Å². The van der Waals surface area contributed by atoms with Gasteiger partial charge in [0.1, 0.15) is 0 Å². The second kappa shape index (κ2) is 8.67. The van der Waals surface area contributed by atoms with E-state index < -0.39 is 10.0 Å². The Hall–Kier alpha value is -2.19. The smallest absolute Gasteiger partial charge is 0.261 e. The fraction of sp³-hybridized carbons (Fsp3) is 0.381. The second-order valence-electron chi connectivity index (χ2n) is 7.12. The Balaban J connectivity index is 1.88. The van der Waals surface area contributed by atoms with Crippen LogP contribution in [0.2, 0.25) is 0 Å². The molecule has 2 aromatic rings. The van der Waals surface area contributed by atoms with Crippen molar-refractivity contribution in [2.45, 2.75) is 49.2 Å². The summed E-state index contributed by atoms with van der Waals surface area (Å²) in [7, 11) is -3.78. The summed E-state index contributed by atoms with van der Waals surface area (Å²) in [5.74, 6) is -0.103. The van der Waals surface area contributed by atoms with Crippen LogP contribution in [0, 0.1) is 6.92 Å². The molecule has 3 rings (SSSR count). The largest absolute Gasteiger partial charge is 0.372 e. The lowest BCUT2D eigenvalue weighted by molar-refractivity contribution is -0.116. The van der Waals surface area contributed by atoms with Gasteiger partial charge in [-0.25, -0.2) is 8.42 Å². The minimum atomic E-state index is -3.78.